The summed E-state index contributed by atoms with van der Waals surface area (Å²) in [5.74, 6) is 0.834. The van der Waals surface area contributed by atoms with Gasteiger partial charge >= 0.3 is 0 Å². The molecular formula is C13H26N2O. The van der Waals surface area contributed by atoms with Gasteiger partial charge in [0.25, 0.3) is 0 Å². The summed E-state index contributed by atoms with van der Waals surface area (Å²) < 4.78 is 0. The molecule has 0 saturated heterocycles. The number of rotatable bonds is 6. The van der Waals surface area contributed by atoms with Crippen LogP contribution < -0.4 is 5.73 Å². The van der Waals surface area contributed by atoms with Crippen molar-refractivity contribution in [2.75, 3.05) is 19.6 Å². The predicted molar refractivity (Wildman–Crippen MR) is 67.0 cm³/mol. The van der Waals surface area contributed by atoms with Crippen LogP contribution in [0.2, 0.25) is 0 Å². The van der Waals surface area contributed by atoms with Gasteiger partial charge in [0.05, 0.1) is 0 Å². The highest BCUT2D eigenvalue weighted by Gasteiger charge is 2.38. The second-order valence-corrected chi connectivity index (χ2v) is 5.56. The maximum Gasteiger partial charge on any atom is 0.223 e. The van der Waals surface area contributed by atoms with E-state index in [0.29, 0.717) is 24.8 Å². The molecule has 0 atom stereocenters. The first-order valence-electron chi connectivity index (χ1n) is 6.51. The molecule has 0 heterocycles. The van der Waals surface area contributed by atoms with E-state index in [1.54, 1.807) is 0 Å². The van der Waals surface area contributed by atoms with Crippen LogP contribution in [0.4, 0.5) is 0 Å². The van der Waals surface area contributed by atoms with Crippen LogP contribution >= 0.6 is 0 Å². The van der Waals surface area contributed by atoms with Crippen LogP contribution in [0.15, 0.2) is 0 Å². The Bertz CT molecular complexity index is 229. The number of hydrogen-bond donors (Lipinski definition) is 1. The molecule has 1 saturated carbocycles. The Labute approximate surface area is 99.4 Å². The third-order valence-corrected chi connectivity index (χ3v) is 3.69. The summed E-state index contributed by atoms with van der Waals surface area (Å²) in [5.41, 5.74) is 5.93. The lowest BCUT2D eigenvalue weighted by Gasteiger charge is -2.41. The first-order chi connectivity index (χ1) is 7.53. The quantitative estimate of drug-likeness (QED) is 0.753. The van der Waals surface area contributed by atoms with Gasteiger partial charge in [0.15, 0.2) is 0 Å². The fourth-order valence-corrected chi connectivity index (χ4v) is 2.41. The highest BCUT2D eigenvalue weighted by molar-refractivity contribution is 5.77. The Kier molecular flexibility index (Phi) is 4.78. The van der Waals surface area contributed by atoms with Crippen molar-refractivity contribution in [1.29, 1.82) is 0 Å². The summed E-state index contributed by atoms with van der Waals surface area (Å²) in [6.07, 6.45) is 4.16. The number of amides is 1. The van der Waals surface area contributed by atoms with Crippen LogP contribution in [0.1, 0.15) is 46.5 Å². The molecule has 1 fully saturated rings. The molecule has 94 valence electrons. The van der Waals surface area contributed by atoms with E-state index in [4.69, 9.17) is 5.73 Å². The van der Waals surface area contributed by atoms with E-state index >= 15 is 0 Å². The Morgan fingerprint density at radius 3 is 2.38 bits per heavy atom. The molecule has 0 bridgehead atoms. The Balaban J connectivity index is 2.48. The molecule has 16 heavy (non-hydrogen) atoms. The number of nitrogens with two attached hydrogens (primary N) is 1. The lowest BCUT2D eigenvalue weighted by molar-refractivity contribution is -0.135. The monoisotopic (exact) mass is 226 g/mol. The maximum atomic E-state index is 12.1. The molecule has 0 spiro atoms. The van der Waals surface area contributed by atoms with E-state index in [0.717, 1.165) is 25.9 Å². The zero-order valence-corrected chi connectivity index (χ0v) is 11.0. The zero-order valence-electron chi connectivity index (χ0n) is 11.0. The van der Waals surface area contributed by atoms with Gasteiger partial charge in [-0.1, -0.05) is 20.3 Å². The second kappa shape index (κ2) is 5.67. The number of carbonyl (C=O) groups excluding carboxylic acids is 1. The number of carbonyl (C=O) groups is 1. The maximum absolute atomic E-state index is 12.1. The molecular weight excluding hydrogens is 200 g/mol. The fourth-order valence-electron chi connectivity index (χ4n) is 2.41. The van der Waals surface area contributed by atoms with Gasteiger partial charge in [-0.05, 0) is 37.6 Å². The van der Waals surface area contributed by atoms with E-state index in [2.05, 4.69) is 20.8 Å². The molecule has 0 aromatic heterocycles. The Morgan fingerprint density at radius 2 is 2.06 bits per heavy atom. The summed E-state index contributed by atoms with van der Waals surface area (Å²) in [4.78, 5) is 14.1. The Hall–Kier alpha value is -0.570. The van der Waals surface area contributed by atoms with E-state index in [9.17, 15) is 4.79 Å². The normalized spacial score (nSPS) is 18.3. The SMILES string of the molecule is CCN(CC(C)C)C(=O)CC1(CN)CCC1. The summed E-state index contributed by atoms with van der Waals surface area (Å²) in [6.45, 7) is 8.71. The standard InChI is InChI=1S/C13H26N2O/c1-4-15(9-11(2)3)12(16)8-13(10-14)6-5-7-13/h11H,4-10,14H2,1-3H3. The summed E-state index contributed by atoms with van der Waals surface area (Å²) in [7, 11) is 0. The van der Waals surface area contributed by atoms with Crippen LogP contribution in [-0.4, -0.2) is 30.4 Å². The average molecular weight is 226 g/mol. The van der Waals surface area contributed by atoms with Gasteiger partial charge in [0.2, 0.25) is 5.91 Å². The molecule has 1 aliphatic rings. The molecule has 3 nitrogen and oxygen atoms in total. The van der Waals surface area contributed by atoms with Crippen molar-refractivity contribution in [2.45, 2.75) is 46.5 Å². The third kappa shape index (κ3) is 3.21. The van der Waals surface area contributed by atoms with Crippen molar-refractivity contribution < 1.29 is 4.79 Å². The molecule has 2 N–H and O–H groups in total. The summed E-state index contributed by atoms with van der Waals surface area (Å²) >= 11 is 0. The van der Waals surface area contributed by atoms with E-state index in [-0.39, 0.29) is 5.41 Å². The fraction of sp³-hybridized carbons (Fsp3) is 0.923. The molecule has 1 amide bonds. The van der Waals surface area contributed by atoms with Crippen molar-refractivity contribution in [2.24, 2.45) is 17.1 Å². The zero-order chi connectivity index (χ0) is 12.2. The minimum atomic E-state index is 0.140. The van der Waals surface area contributed by atoms with Crippen molar-refractivity contribution in [3.8, 4) is 0 Å². The second-order valence-electron chi connectivity index (χ2n) is 5.56. The van der Waals surface area contributed by atoms with Crippen LogP contribution in [0.25, 0.3) is 0 Å². The molecule has 0 aromatic carbocycles. The van der Waals surface area contributed by atoms with Crippen LogP contribution in [-0.2, 0) is 4.79 Å². The van der Waals surface area contributed by atoms with Gasteiger partial charge < -0.3 is 10.6 Å². The highest BCUT2D eigenvalue weighted by Crippen LogP contribution is 2.43. The van der Waals surface area contributed by atoms with Crippen molar-refractivity contribution >= 4 is 5.91 Å². The molecule has 1 rings (SSSR count). The van der Waals surface area contributed by atoms with Gasteiger partial charge in [-0.3, -0.25) is 4.79 Å². The average Bonchev–Trinajstić information content (AvgIpc) is 2.19. The predicted octanol–water partition coefficient (Wildman–Crippen LogP) is 2.01. The molecule has 0 aromatic rings. The lowest BCUT2D eigenvalue weighted by atomic mass is 9.66. The van der Waals surface area contributed by atoms with Crippen molar-refractivity contribution in [3.05, 3.63) is 0 Å². The molecule has 0 aliphatic heterocycles. The third-order valence-electron chi connectivity index (χ3n) is 3.69. The largest absolute Gasteiger partial charge is 0.343 e. The lowest BCUT2D eigenvalue weighted by Crippen LogP contribution is -2.44. The van der Waals surface area contributed by atoms with Gasteiger partial charge in [0, 0.05) is 19.5 Å². The van der Waals surface area contributed by atoms with Crippen LogP contribution in [0.3, 0.4) is 0 Å². The van der Waals surface area contributed by atoms with Gasteiger partial charge in [-0.15, -0.1) is 0 Å². The molecule has 3 heteroatoms. The van der Waals surface area contributed by atoms with Crippen molar-refractivity contribution in [1.82, 2.24) is 4.90 Å². The van der Waals surface area contributed by atoms with Crippen LogP contribution in [0.5, 0.6) is 0 Å². The first-order valence-corrected chi connectivity index (χ1v) is 6.51. The minimum absolute atomic E-state index is 0.140. The molecule has 0 unspecified atom stereocenters. The topological polar surface area (TPSA) is 46.3 Å². The number of hydrogen-bond acceptors (Lipinski definition) is 2. The minimum Gasteiger partial charge on any atom is -0.343 e. The van der Waals surface area contributed by atoms with Gasteiger partial charge in [-0.25, -0.2) is 0 Å². The smallest absolute Gasteiger partial charge is 0.223 e. The Morgan fingerprint density at radius 1 is 1.44 bits per heavy atom. The summed E-state index contributed by atoms with van der Waals surface area (Å²) in [5, 5.41) is 0. The van der Waals surface area contributed by atoms with Gasteiger partial charge in [-0.2, -0.15) is 0 Å². The summed E-state index contributed by atoms with van der Waals surface area (Å²) in [6, 6.07) is 0. The van der Waals surface area contributed by atoms with Crippen LogP contribution in [0, 0.1) is 11.3 Å². The molecule has 1 aliphatic carbocycles. The first kappa shape index (κ1) is 13.5. The highest BCUT2D eigenvalue weighted by atomic mass is 16.2. The number of nitrogens with zero attached hydrogens (tertiary/aromatic N) is 1. The van der Waals surface area contributed by atoms with Gasteiger partial charge in [0.1, 0.15) is 0 Å². The van der Waals surface area contributed by atoms with E-state index < -0.39 is 0 Å². The van der Waals surface area contributed by atoms with E-state index in [1.165, 1.54) is 6.42 Å². The molecule has 0 radical (unpaired) electrons. The van der Waals surface area contributed by atoms with E-state index in [1.807, 2.05) is 4.90 Å². The van der Waals surface area contributed by atoms with Crippen molar-refractivity contribution in [3.63, 3.8) is 0 Å².